The van der Waals surface area contributed by atoms with Gasteiger partial charge in [-0.25, -0.2) is 4.68 Å². The van der Waals surface area contributed by atoms with Crippen LogP contribution in [0.3, 0.4) is 0 Å². The molecule has 1 aromatic carbocycles. The standard InChI is InChI=1S/C15H22N4/c1-11-6-4-7-14(10-11)19-13(3)15(12(2)18-19)17-9-5-8-16/h4,6-7,10,17H,5,8-9,16H2,1-3H3. The minimum absolute atomic E-state index is 0.705. The lowest BCUT2D eigenvalue weighted by molar-refractivity contribution is 0.832. The van der Waals surface area contributed by atoms with E-state index in [9.17, 15) is 0 Å². The molecular formula is C15H22N4. The summed E-state index contributed by atoms with van der Waals surface area (Å²) < 4.78 is 1.99. The Labute approximate surface area is 114 Å². The lowest BCUT2D eigenvalue weighted by Crippen LogP contribution is -2.09. The summed E-state index contributed by atoms with van der Waals surface area (Å²) in [6, 6.07) is 8.37. The first-order valence-electron chi connectivity index (χ1n) is 6.70. The first-order valence-corrected chi connectivity index (χ1v) is 6.70. The van der Waals surface area contributed by atoms with Crippen molar-refractivity contribution >= 4 is 5.69 Å². The minimum atomic E-state index is 0.705. The number of hydrogen-bond donors (Lipinski definition) is 2. The van der Waals surface area contributed by atoms with Gasteiger partial charge in [-0.15, -0.1) is 0 Å². The lowest BCUT2D eigenvalue weighted by atomic mass is 10.2. The van der Waals surface area contributed by atoms with E-state index in [2.05, 4.69) is 48.5 Å². The summed E-state index contributed by atoms with van der Waals surface area (Å²) in [6.07, 6.45) is 0.967. The van der Waals surface area contributed by atoms with E-state index in [-0.39, 0.29) is 0 Å². The third-order valence-electron chi connectivity index (χ3n) is 3.22. The molecule has 1 heterocycles. The normalized spacial score (nSPS) is 10.7. The Kier molecular flexibility index (Phi) is 4.22. The zero-order chi connectivity index (χ0) is 13.8. The Morgan fingerprint density at radius 3 is 2.74 bits per heavy atom. The van der Waals surface area contributed by atoms with Gasteiger partial charge in [-0.1, -0.05) is 12.1 Å². The van der Waals surface area contributed by atoms with Crippen molar-refractivity contribution in [2.24, 2.45) is 5.73 Å². The molecule has 2 aromatic rings. The van der Waals surface area contributed by atoms with E-state index >= 15 is 0 Å². The van der Waals surface area contributed by atoms with Gasteiger partial charge in [0.2, 0.25) is 0 Å². The molecule has 0 spiro atoms. The van der Waals surface area contributed by atoms with Crippen LogP contribution in [-0.2, 0) is 0 Å². The van der Waals surface area contributed by atoms with Crippen molar-refractivity contribution in [3.8, 4) is 5.69 Å². The molecule has 0 aliphatic rings. The Hall–Kier alpha value is -1.81. The summed E-state index contributed by atoms with van der Waals surface area (Å²) >= 11 is 0. The highest BCUT2D eigenvalue weighted by Gasteiger charge is 2.12. The van der Waals surface area contributed by atoms with Crippen LogP contribution in [0.4, 0.5) is 5.69 Å². The first-order chi connectivity index (χ1) is 9.13. The molecule has 0 aliphatic carbocycles. The summed E-state index contributed by atoms with van der Waals surface area (Å²) in [5.74, 6) is 0. The van der Waals surface area contributed by atoms with E-state index in [0.29, 0.717) is 6.54 Å². The Balaban J connectivity index is 2.30. The fraction of sp³-hybridized carbons (Fsp3) is 0.400. The number of nitrogens with one attached hydrogen (secondary N) is 1. The first kappa shape index (κ1) is 13.6. The molecule has 102 valence electrons. The van der Waals surface area contributed by atoms with Crippen molar-refractivity contribution in [3.63, 3.8) is 0 Å². The van der Waals surface area contributed by atoms with E-state index in [1.165, 1.54) is 5.56 Å². The van der Waals surface area contributed by atoms with Gasteiger partial charge in [-0.2, -0.15) is 5.10 Å². The van der Waals surface area contributed by atoms with Crippen LogP contribution in [-0.4, -0.2) is 22.9 Å². The van der Waals surface area contributed by atoms with Gasteiger partial charge in [0.15, 0.2) is 0 Å². The maximum absolute atomic E-state index is 5.52. The third kappa shape index (κ3) is 2.96. The van der Waals surface area contributed by atoms with Crippen LogP contribution < -0.4 is 11.1 Å². The smallest absolute Gasteiger partial charge is 0.0832 e. The SMILES string of the molecule is Cc1cccc(-n2nc(C)c(NCCCN)c2C)c1. The maximum atomic E-state index is 5.52. The fourth-order valence-corrected chi connectivity index (χ4v) is 2.23. The second-order valence-corrected chi connectivity index (χ2v) is 4.87. The van der Waals surface area contributed by atoms with Gasteiger partial charge in [-0.05, 0) is 51.4 Å². The molecule has 2 rings (SSSR count). The third-order valence-corrected chi connectivity index (χ3v) is 3.22. The van der Waals surface area contributed by atoms with Crippen LogP contribution in [0, 0.1) is 20.8 Å². The van der Waals surface area contributed by atoms with Gasteiger partial charge >= 0.3 is 0 Å². The maximum Gasteiger partial charge on any atom is 0.0832 e. The summed E-state index contributed by atoms with van der Waals surface area (Å²) in [4.78, 5) is 0. The zero-order valence-corrected chi connectivity index (χ0v) is 11.9. The van der Waals surface area contributed by atoms with Crippen molar-refractivity contribution in [2.45, 2.75) is 27.2 Å². The highest BCUT2D eigenvalue weighted by Crippen LogP contribution is 2.23. The number of hydrogen-bond acceptors (Lipinski definition) is 3. The van der Waals surface area contributed by atoms with E-state index in [0.717, 1.165) is 35.7 Å². The molecule has 1 aromatic heterocycles. The van der Waals surface area contributed by atoms with Crippen LogP contribution in [0.15, 0.2) is 24.3 Å². The van der Waals surface area contributed by atoms with Gasteiger partial charge in [-0.3, -0.25) is 0 Å². The number of nitrogens with two attached hydrogens (primary N) is 1. The Morgan fingerprint density at radius 2 is 2.05 bits per heavy atom. The van der Waals surface area contributed by atoms with Crippen molar-refractivity contribution in [1.29, 1.82) is 0 Å². The second-order valence-electron chi connectivity index (χ2n) is 4.87. The number of benzene rings is 1. The number of nitrogens with zero attached hydrogens (tertiary/aromatic N) is 2. The molecule has 3 N–H and O–H groups in total. The van der Waals surface area contributed by atoms with Gasteiger partial charge in [0, 0.05) is 6.54 Å². The lowest BCUT2D eigenvalue weighted by Gasteiger charge is -2.08. The summed E-state index contributed by atoms with van der Waals surface area (Å²) in [7, 11) is 0. The molecular weight excluding hydrogens is 236 g/mol. The molecule has 0 fully saturated rings. The van der Waals surface area contributed by atoms with Crippen LogP contribution in [0.1, 0.15) is 23.4 Å². The van der Waals surface area contributed by atoms with Gasteiger partial charge < -0.3 is 11.1 Å². The minimum Gasteiger partial charge on any atom is -0.382 e. The van der Waals surface area contributed by atoms with E-state index in [1.54, 1.807) is 0 Å². The zero-order valence-electron chi connectivity index (χ0n) is 11.9. The van der Waals surface area contributed by atoms with E-state index in [1.807, 2.05) is 11.6 Å². The Morgan fingerprint density at radius 1 is 1.26 bits per heavy atom. The van der Waals surface area contributed by atoms with Crippen LogP contribution in [0.2, 0.25) is 0 Å². The van der Waals surface area contributed by atoms with Crippen LogP contribution >= 0.6 is 0 Å². The molecule has 19 heavy (non-hydrogen) atoms. The fourth-order valence-electron chi connectivity index (χ4n) is 2.23. The highest BCUT2D eigenvalue weighted by atomic mass is 15.3. The molecule has 4 nitrogen and oxygen atoms in total. The molecule has 0 atom stereocenters. The summed E-state index contributed by atoms with van der Waals surface area (Å²) in [6.45, 7) is 7.81. The van der Waals surface area contributed by atoms with E-state index < -0.39 is 0 Å². The average molecular weight is 258 g/mol. The van der Waals surface area contributed by atoms with Crippen molar-refractivity contribution in [2.75, 3.05) is 18.4 Å². The average Bonchev–Trinajstić information content (AvgIpc) is 2.67. The molecule has 4 heteroatoms. The molecule has 0 unspecified atom stereocenters. The predicted octanol–water partition coefficient (Wildman–Crippen LogP) is 2.56. The largest absolute Gasteiger partial charge is 0.382 e. The molecule has 0 bridgehead atoms. The number of rotatable bonds is 5. The van der Waals surface area contributed by atoms with Gasteiger partial charge in [0.25, 0.3) is 0 Å². The molecule has 0 aliphatic heterocycles. The number of aromatic nitrogens is 2. The summed E-state index contributed by atoms with van der Waals surface area (Å²) in [5, 5.41) is 8.05. The van der Waals surface area contributed by atoms with Crippen LogP contribution in [0.25, 0.3) is 5.69 Å². The predicted molar refractivity (Wildman–Crippen MR) is 79.9 cm³/mol. The topological polar surface area (TPSA) is 55.9 Å². The Bertz CT molecular complexity index is 557. The van der Waals surface area contributed by atoms with Gasteiger partial charge in [0.05, 0.1) is 22.8 Å². The molecule has 0 saturated heterocycles. The van der Waals surface area contributed by atoms with Crippen LogP contribution in [0.5, 0.6) is 0 Å². The molecule has 0 radical (unpaired) electrons. The second kappa shape index (κ2) is 5.89. The number of anilines is 1. The van der Waals surface area contributed by atoms with Crippen molar-refractivity contribution in [1.82, 2.24) is 9.78 Å². The summed E-state index contributed by atoms with van der Waals surface area (Å²) in [5.41, 5.74) is 11.1. The highest BCUT2D eigenvalue weighted by molar-refractivity contribution is 5.54. The van der Waals surface area contributed by atoms with Gasteiger partial charge in [0.1, 0.15) is 0 Å². The van der Waals surface area contributed by atoms with Crippen molar-refractivity contribution < 1.29 is 0 Å². The molecule has 0 saturated carbocycles. The number of aryl methyl sites for hydroxylation is 2. The molecule has 0 amide bonds. The van der Waals surface area contributed by atoms with E-state index in [4.69, 9.17) is 5.73 Å². The quantitative estimate of drug-likeness (QED) is 0.810. The monoisotopic (exact) mass is 258 g/mol. The van der Waals surface area contributed by atoms with Crippen molar-refractivity contribution in [3.05, 3.63) is 41.2 Å².